The van der Waals surface area contributed by atoms with Crippen molar-refractivity contribution in [1.82, 2.24) is 14.7 Å². The first-order valence-corrected chi connectivity index (χ1v) is 7.40. The molecule has 2 aromatic rings. The first-order valence-electron chi connectivity index (χ1n) is 7.40. The highest BCUT2D eigenvalue weighted by molar-refractivity contribution is 5.99. The van der Waals surface area contributed by atoms with Gasteiger partial charge < -0.3 is 4.90 Å². The molecule has 0 spiro atoms. The van der Waals surface area contributed by atoms with Crippen molar-refractivity contribution in [1.29, 1.82) is 0 Å². The molecule has 0 aliphatic carbocycles. The fraction of sp³-hybridized carbons (Fsp3) is 0.333. The van der Waals surface area contributed by atoms with Gasteiger partial charge in [-0.3, -0.25) is 24.5 Å². The molecule has 3 rings (SSSR count). The summed E-state index contributed by atoms with van der Waals surface area (Å²) in [7, 11) is 1.74. The number of nitrogens with zero attached hydrogens (tertiary/aromatic N) is 5. The summed E-state index contributed by atoms with van der Waals surface area (Å²) in [6.07, 6.45) is 3.02. The van der Waals surface area contributed by atoms with E-state index in [0.717, 1.165) is 6.20 Å². The maximum absolute atomic E-state index is 13.9. The van der Waals surface area contributed by atoms with Crippen molar-refractivity contribution in [3.63, 3.8) is 0 Å². The lowest BCUT2D eigenvalue weighted by Crippen LogP contribution is -2.40. The Morgan fingerprint density at radius 3 is 2.88 bits per heavy atom. The van der Waals surface area contributed by atoms with Crippen molar-refractivity contribution < 1.29 is 14.1 Å². The molecule has 1 aliphatic heterocycles. The Bertz CT molecular complexity index is 778. The maximum atomic E-state index is 13.9. The van der Waals surface area contributed by atoms with Crippen LogP contribution in [0.5, 0.6) is 0 Å². The normalized spacial score (nSPS) is 17.7. The number of rotatable bonds is 5. The summed E-state index contributed by atoms with van der Waals surface area (Å²) in [6, 6.07) is 5.74. The minimum absolute atomic E-state index is 0.103. The van der Waals surface area contributed by atoms with Gasteiger partial charge in [0.1, 0.15) is 18.2 Å². The smallest absolute Gasteiger partial charge is 0.307 e. The van der Waals surface area contributed by atoms with Gasteiger partial charge in [-0.25, -0.2) is 4.39 Å². The fourth-order valence-corrected chi connectivity index (χ4v) is 2.84. The molecule has 0 unspecified atom stereocenters. The number of hydrogen-bond donors (Lipinski definition) is 0. The number of para-hydroxylation sites is 1. The second kappa shape index (κ2) is 6.36. The topological polar surface area (TPSA) is 84.5 Å². The Kier molecular flexibility index (Phi) is 4.26. The van der Waals surface area contributed by atoms with Crippen molar-refractivity contribution in [3.05, 3.63) is 52.6 Å². The Balaban J connectivity index is 1.70. The number of anilines is 1. The lowest BCUT2D eigenvalue weighted by molar-refractivity contribution is -0.385. The molecule has 9 heteroatoms. The summed E-state index contributed by atoms with van der Waals surface area (Å²) < 4.78 is 15.3. The van der Waals surface area contributed by atoms with Crippen LogP contribution in [0.3, 0.4) is 0 Å². The third-order valence-corrected chi connectivity index (χ3v) is 4.05. The second-order valence-electron chi connectivity index (χ2n) is 5.64. The van der Waals surface area contributed by atoms with Crippen molar-refractivity contribution in [3.8, 4) is 0 Å². The number of hydrogen-bond acceptors (Lipinski definition) is 5. The van der Waals surface area contributed by atoms with E-state index in [9.17, 15) is 19.3 Å². The zero-order chi connectivity index (χ0) is 17.3. The van der Waals surface area contributed by atoms with E-state index in [4.69, 9.17) is 0 Å². The molecular formula is C15H16FN5O3. The molecule has 1 saturated heterocycles. The van der Waals surface area contributed by atoms with Crippen LogP contribution in [-0.2, 0) is 11.5 Å². The Morgan fingerprint density at radius 2 is 2.21 bits per heavy atom. The van der Waals surface area contributed by atoms with Gasteiger partial charge in [-0.2, -0.15) is 5.10 Å². The number of likely N-dealkylation sites (N-methyl/N-ethyl adjacent to an activating group) is 1. The largest absolute Gasteiger partial charge is 0.308 e. The van der Waals surface area contributed by atoms with Crippen molar-refractivity contribution in [2.45, 2.75) is 19.1 Å². The van der Waals surface area contributed by atoms with E-state index >= 15 is 0 Å². The molecule has 0 N–H and O–H groups in total. The number of aromatic nitrogens is 2. The molecule has 0 saturated carbocycles. The van der Waals surface area contributed by atoms with E-state index in [0.29, 0.717) is 13.0 Å². The Labute approximate surface area is 137 Å². The lowest BCUT2D eigenvalue weighted by atomic mass is 10.2. The van der Waals surface area contributed by atoms with Crippen LogP contribution in [-0.4, -0.2) is 45.1 Å². The van der Waals surface area contributed by atoms with Gasteiger partial charge in [0, 0.05) is 6.54 Å². The van der Waals surface area contributed by atoms with E-state index in [1.165, 1.54) is 21.8 Å². The van der Waals surface area contributed by atoms with Crippen LogP contribution < -0.4 is 4.90 Å². The maximum Gasteiger partial charge on any atom is 0.307 e. The highest BCUT2D eigenvalue weighted by Gasteiger charge is 2.36. The molecule has 1 fully saturated rings. The molecule has 1 aromatic heterocycles. The van der Waals surface area contributed by atoms with E-state index < -0.39 is 16.8 Å². The number of amides is 1. The number of halogens is 1. The molecule has 0 bridgehead atoms. The monoisotopic (exact) mass is 333 g/mol. The zero-order valence-corrected chi connectivity index (χ0v) is 13.0. The van der Waals surface area contributed by atoms with Gasteiger partial charge in [0.15, 0.2) is 0 Å². The minimum Gasteiger partial charge on any atom is -0.308 e. The third kappa shape index (κ3) is 2.98. The van der Waals surface area contributed by atoms with Crippen LogP contribution in [0.15, 0.2) is 36.7 Å². The summed E-state index contributed by atoms with van der Waals surface area (Å²) in [6.45, 7) is 0.656. The first-order chi connectivity index (χ1) is 11.5. The minimum atomic E-state index is -0.524. The van der Waals surface area contributed by atoms with Crippen LogP contribution in [0.2, 0.25) is 0 Å². The quantitative estimate of drug-likeness (QED) is 0.613. The summed E-state index contributed by atoms with van der Waals surface area (Å²) in [4.78, 5) is 25.9. The van der Waals surface area contributed by atoms with Gasteiger partial charge in [-0.1, -0.05) is 12.1 Å². The van der Waals surface area contributed by atoms with Gasteiger partial charge in [0.2, 0.25) is 5.91 Å². The predicted molar refractivity (Wildman–Crippen MR) is 83.8 cm³/mol. The van der Waals surface area contributed by atoms with Crippen LogP contribution in [0.25, 0.3) is 0 Å². The number of carbonyl (C=O) groups excluding carboxylic acids is 1. The van der Waals surface area contributed by atoms with Gasteiger partial charge in [-0.05, 0) is 25.6 Å². The predicted octanol–water partition coefficient (Wildman–Crippen LogP) is 1.63. The van der Waals surface area contributed by atoms with E-state index in [1.807, 2.05) is 0 Å². The lowest BCUT2D eigenvalue weighted by Gasteiger charge is -2.23. The summed E-state index contributed by atoms with van der Waals surface area (Å²) in [5, 5.41) is 14.6. The molecule has 126 valence electrons. The fourth-order valence-electron chi connectivity index (χ4n) is 2.84. The average Bonchev–Trinajstić information content (AvgIpc) is 3.15. The summed E-state index contributed by atoms with van der Waals surface area (Å²) in [5.74, 6) is -0.624. The molecule has 24 heavy (non-hydrogen) atoms. The molecular weight excluding hydrogens is 317 g/mol. The van der Waals surface area contributed by atoms with Crippen LogP contribution in [0.4, 0.5) is 15.8 Å². The molecule has 1 aromatic carbocycles. The average molecular weight is 333 g/mol. The van der Waals surface area contributed by atoms with Crippen LogP contribution >= 0.6 is 0 Å². The molecule has 2 heterocycles. The Hall–Kier alpha value is -2.81. The summed E-state index contributed by atoms with van der Waals surface area (Å²) in [5.41, 5.74) is 0.169. The van der Waals surface area contributed by atoms with Crippen LogP contribution in [0, 0.1) is 15.9 Å². The second-order valence-corrected chi connectivity index (χ2v) is 5.64. The first kappa shape index (κ1) is 16.1. The van der Waals surface area contributed by atoms with Gasteiger partial charge >= 0.3 is 5.69 Å². The van der Waals surface area contributed by atoms with Crippen molar-refractivity contribution in [2.75, 3.05) is 18.5 Å². The standard InChI is InChI=1S/C15H16FN5O3/c1-18(10-19-9-11(8-17-19)21(23)24)14-6-7-20(15(14)22)13-5-3-2-4-12(13)16/h2-5,8-9,14H,6-7,10H2,1H3/t14-/m0/s1. The number of benzene rings is 1. The molecule has 0 radical (unpaired) electrons. The summed E-state index contributed by atoms with van der Waals surface area (Å²) >= 11 is 0. The highest BCUT2D eigenvalue weighted by Crippen LogP contribution is 2.26. The van der Waals surface area contributed by atoms with Gasteiger partial charge in [-0.15, -0.1) is 0 Å². The Morgan fingerprint density at radius 1 is 1.46 bits per heavy atom. The zero-order valence-electron chi connectivity index (χ0n) is 13.0. The molecule has 1 amide bonds. The molecule has 8 nitrogen and oxygen atoms in total. The molecule has 1 aliphatic rings. The highest BCUT2D eigenvalue weighted by atomic mass is 19.1. The SMILES string of the molecule is CN(Cn1cc([N+](=O)[O-])cn1)[C@H]1CCN(c2ccccc2F)C1=O. The van der Waals surface area contributed by atoms with Crippen LogP contribution in [0.1, 0.15) is 6.42 Å². The van der Waals surface area contributed by atoms with E-state index in [2.05, 4.69) is 5.10 Å². The van der Waals surface area contributed by atoms with Gasteiger partial charge in [0.05, 0.1) is 23.3 Å². The van der Waals surface area contributed by atoms with E-state index in [1.54, 1.807) is 30.1 Å². The number of nitro groups is 1. The van der Waals surface area contributed by atoms with Crippen molar-refractivity contribution >= 4 is 17.3 Å². The van der Waals surface area contributed by atoms with Gasteiger partial charge in [0.25, 0.3) is 0 Å². The third-order valence-electron chi connectivity index (χ3n) is 4.05. The molecule has 1 atom stereocenters. The number of carbonyl (C=O) groups is 1. The van der Waals surface area contributed by atoms with Crippen molar-refractivity contribution in [2.24, 2.45) is 0 Å². The van der Waals surface area contributed by atoms with E-state index in [-0.39, 0.29) is 24.0 Å².